The number of hydrogen-bond acceptors (Lipinski definition) is 4. The van der Waals surface area contributed by atoms with Gasteiger partial charge in [-0.25, -0.2) is 13.2 Å². The average molecular weight is 390 g/mol. The molecule has 6 nitrogen and oxygen atoms in total. The topological polar surface area (TPSA) is 64.2 Å². The summed E-state index contributed by atoms with van der Waals surface area (Å²) < 4.78 is 47.1. The zero-order chi connectivity index (χ0) is 20.0. The van der Waals surface area contributed by atoms with Gasteiger partial charge in [0.15, 0.2) is 23.2 Å². The number of amides is 1. The van der Waals surface area contributed by atoms with Gasteiger partial charge in [-0.15, -0.1) is 0 Å². The SMILES string of the molecule is C[C@H]1Cc2noc(-c3cnn(C)c3)c2CN1C(=O)Cc1cc(F)c(F)c(F)c1. The van der Waals surface area contributed by atoms with Gasteiger partial charge in [0.05, 0.1) is 30.4 Å². The van der Waals surface area contributed by atoms with E-state index in [-0.39, 0.29) is 30.5 Å². The molecule has 0 N–H and O–H groups in total. The van der Waals surface area contributed by atoms with Crippen molar-refractivity contribution in [2.45, 2.75) is 32.4 Å². The summed E-state index contributed by atoms with van der Waals surface area (Å²) in [5, 5.41) is 8.23. The maximum atomic E-state index is 13.4. The Morgan fingerprint density at radius 1 is 1.29 bits per heavy atom. The molecule has 0 radical (unpaired) electrons. The summed E-state index contributed by atoms with van der Waals surface area (Å²) in [6, 6.07) is 1.52. The molecule has 1 aliphatic rings. The highest BCUT2D eigenvalue weighted by molar-refractivity contribution is 5.80. The van der Waals surface area contributed by atoms with Crippen molar-refractivity contribution in [3.8, 4) is 11.3 Å². The van der Waals surface area contributed by atoms with Crippen LogP contribution in [0.1, 0.15) is 23.7 Å². The summed E-state index contributed by atoms with van der Waals surface area (Å²) in [6.07, 6.45) is 3.70. The molecule has 4 rings (SSSR count). The van der Waals surface area contributed by atoms with E-state index in [1.807, 2.05) is 6.92 Å². The van der Waals surface area contributed by atoms with Crippen LogP contribution in [-0.2, 0) is 31.2 Å². The molecule has 28 heavy (non-hydrogen) atoms. The Morgan fingerprint density at radius 3 is 2.64 bits per heavy atom. The minimum Gasteiger partial charge on any atom is -0.356 e. The van der Waals surface area contributed by atoms with Gasteiger partial charge in [-0.05, 0) is 24.6 Å². The fourth-order valence-corrected chi connectivity index (χ4v) is 3.47. The lowest BCUT2D eigenvalue weighted by molar-refractivity contribution is -0.133. The molecule has 2 aromatic heterocycles. The average Bonchev–Trinajstić information content (AvgIpc) is 3.24. The first-order valence-electron chi connectivity index (χ1n) is 8.72. The van der Waals surface area contributed by atoms with Gasteiger partial charge in [-0.1, -0.05) is 5.16 Å². The third-order valence-electron chi connectivity index (χ3n) is 4.91. The van der Waals surface area contributed by atoms with E-state index in [4.69, 9.17) is 4.52 Å². The molecule has 1 aromatic carbocycles. The normalized spacial score (nSPS) is 16.3. The maximum absolute atomic E-state index is 13.4. The number of halogens is 3. The van der Waals surface area contributed by atoms with Gasteiger partial charge in [0, 0.05) is 31.3 Å². The molecule has 3 aromatic rings. The number of fused-ring (bicyclic) bond motifs is 1. The fourth-order valence-electron chi connectivity index (χ4n) is 3.47. The van der Waals surface area contributed by atoms with E-state index >= 15 is 0 Å². The molecule has 1 amide bonds. The molecule has 9 heteroatoms. The van der Waals surface area contributed by atoms with E-state index in [0.717, 1.165) is 29.0 Å². The minimum atomic E-state index is -1.54. The van der Waals surface area contributed by atoms with E-state index in [1.54, 1.807) is 29.0 Å². The summed E-state index contributed by atoms with van der Waals surface area (Å²) in [4.78, 5) is 14.4. The lowest BCUT2D eigenvalue weighted by Crippen LogP contribution is -2.43. The van der Waals surface area contributed by atoms with Crippen LogP contribution in [0.2, 0.25) is 0 Å². The second-order valence-corrected chi connectivity index (χ2v) is 6.96. The Hall–Kier alpha value is -3.10. The quantitative estimate of drug-likeness (QED) is 0.645. The molecule has 0 spiro atoms. The van der Waals surface area contributed by atoms with E-state index in [0.29, 0.717) is 12.2 Å². The predicted octanol–water partition coefficient (Wildman–Crippen LogP) is 3.01. The highest BCUT2D eigenvalue weighted by Gasteiger charge is 2.32. The standard InChI is InChI=1S/C19H17F3N4O2/c1-10-3-16-13(19(28-24-16)12-7-23-25(2)8-12)9-26(10)17(27)6-11-4-14(20)18(22)15(21)5-11/h4-5,7-8,10H,3,6,9H2,1-2H3/t10-/m0/s1. The monoisotopic (exact) mass is 390 g/mol. The number of aromatic nitrogens is 3. The number of benzene rings is 1. The Balaban J connectivity index is 1.58. The second-order valence-electron chi connectivity index (χ2n) is 6.96. The van der Waals surface area contributed by atoms with Crippen molar-refractivity contribution in [1.82, 2.24) is 19.8 Å². The van der Waals surface area contributed by atoms with Crippen LogP contribution in [0, 0.1) is 17.5 Å². The predicted molar refractivity (Wildman–Crippen MR) is 92.4 cm³/mol. The summed E-state index contributed by atoms with van der Waals surface area (Å²) in [5.74, 6) is -3.93. The molecule has 0 saturated heterocycles. The van der Waals surface area contributed by atoms with Gasteiger partial charge in [-0.3, -0.25) is 9.48 Å². The number of nitrogens with zero attached hydrogens (tertiary/aromatic N) is 4. The van der Waals surface area contributed by atoms with Gasteiger partial charge >= 0.3 is 0 Å². The molecule has 0 saturated carbocycles. The van der Waals surface area contributed by atoms with Crippen molar-refractivity contribution in [3.05, 3.63) is 58.8 Å². The first kappa shape index (κ1) is 18.3. The van der Waals surface area contributed by atoms with E-state index < -0.39 is 17.5 Å². The Kier molecular flexibility index (Phi) is 4.44. The molecule has 146 valence electrons. The van der Waals surface area contributed by atoms with Crippen LogP contribution in [0.3, 0.4) is 0 Å². The van der Waals surface area contributed by atoms with Crippen molar-refractivity contribution >= 4 is 5.91 Å². The van der Waals surface area contributed by atoms with Crippen LogP contribution in [0.5, 0.6) is 0 Å². The van der Waals surface area contributed by atoms with Crippen molar-refractivity contribution in [1.29, 1.82) is 0 Å². The first-order chi connectivity index (χ1) is 13.3. The highest BCUT2D eigenvalue weighted by atomic mass is 19.2. The zero-order valence-corrected chi connectivity index (χ0v) is 15.2. The molecule has 1 aliphatic heterocycles. The smallest absolute Gasteiger partial charge is 0.227 e. The lowest BCUT2D eigenvalue weighted by Gasteiger charge is -2.33. The number of carbonyl (C=O) groups is 1. The van der Waals surface area contributed by atoms with Crippen LogP contribution in [0.25, 0.3) is 11.3 Å². The molecule has 0 fully saturated rings. The maximum Gasteiger partial charge on any atom is 0.227 e. The van der Waals surface area contributed by atoms with E-state index in [2.05, 4.69) is 10.3 Å². The number of aryl methyl sites for hydroxylation is 1. The van der Waals surface area contributed by atoms with E-state index in [9.17, 15) is 18.0 Å². The van der Waals surface area contributed by atoms with Crippen LogP contribution in [0.4, 0.5) is 13.2 Å². The second kappa shape index (κ2) is 6.81. The van der Waals surface area contributed by atoms with Crippen molar-refractivity contribution in [3.63, 3.8) is 0 Å². The Bertz CT molecular complexity index is 1040. The van der Waals surface area contributed by atoms with Crippen molar-refractivity contribution in [2.75, 3.05) is 0 Å². The number of rotatable bonds is 3. The highest BCUT2D eigenvalue weighted by Crippen LogP contribution is 2.32. The molecule has 3 heterocycles. The van der Waals surface area contributed by atoms with Crippen LogP contribution >= 0.6 is 0 Å². The van der Waals surface area contributed by atoms with Gasteiger partial charge in [0.1, 0.15) is 0 Å². The third-order valence-corrected chi connectivity index (χ3v) is 4.91. The first-order valence-corrected chi connectivity index (χ1v) is 8.72. The molecule has 0 bridgehead atoms. The summed E-state index contributed by atoms with van der Waals surface area (Å²) in [6.45, 7) is 2.13. The summed E-state index contributed by atoms with van der Waals surface area (Å²) >= 11 is 0. The van der Waals surface area contributed by atoms with Crippen molar-refractivity contribution in [2.24, 2.45) is 7.05 Å². The fraction of sp³-hybridized carbons (Fsp3) is 0.316. The zero-order valence-electron chi connectivity index (χ0n) is 15.2. The van der Waals surface area contributed by atoms with E-state index in [1.165, 1.54) is 0 Å². The molecule has 1 atom stereocenters. The number of carbonyl (C=O) groups excluding carboxylic acids is 1. The lowest BCUT2D eigenvalue weighted by atomic mass is 9.97. The van der Waals surface area contributed by atoms with Gasteiger partial charge in [-0.2, -0.15) is 5.10 Å². The van der Waals surface area contributed by atoms with Gasteiger partial charge < -0.3 is 9.42 Å². The third kappa shape index (κ3) is 3.17. The molecule has 0 aliphatic carbocycles. The van der Waals surface area contributed by atoms with Crippen molar-refractivity contribution < 1.29 is 22.5 Å². The Morgan fingerprint density at radius 2 is 2.00 bits per heavy atom. The van der Waals surface area contributed by atoms with Crippen LogP contribution < -0.4 is 0 Å². The van der Waals surface area contributed by atoms with Gasteiger partial charge in [0.2, 0.25) is 5.91 Å². The summed E-state index contributed by atoms with van der Waals surface area (Å²) in [5.41, 5.74) is 2.39. The van der Waals surface area contributed by atoms with Crippen LogP contribution in [-0.4, -0.2) is 31.8 Å². The van der Waals surface area contributed by atoms with Gasteiger partial charge in [0.25, 0.3) is 0 Å². The molecular weight excluding hydrogens is 373 g/mol. The number of hydrogen-bond donors (Lipinski definition) is 0. The molecule has 0 unspecified atom stereocenters. The minimum absolute atomic E-state index is 0.0807. The summed E-state index contributed by atoms with van der Waals surface area (Å²) in [7, 11) is 1.78. The molecular formula is C19H17F3N4O2. The largest absolute Gasteiger partial charge is 0.356 e. The van der Waals surface area contributed by atoms with Crippen LogP contribution in [0.15, 0.2) is 29.0 Å². The Labute approximate surface area is 158 Å².